The lowest BCUT2D eigenvalue weighted by Gasteiger charge is -2.03. The van der Waals surface area contributed by atoms with E-state index >= 15 is 0 Å². The smallest absolute Gasteiger partial charge is 0.336 e. The molecule has 2 nitrogen and oxygen atoms in total. The Kier molecular flexibility index (Phi) is 17.6. The fourth-order valence-electron chi connectivity index (χ4n) is 3.67. The van der Waals surface area contributed by atoms with Gasteiger partial charge in [0.15, 0.2) is 0 Å². The van der Waals surface area contributed by atoms with E-state index in [1.54, 1.807) is 12.1 Å². The van der Waals surface area contributed by atoms with Crippen LogP contribution in [0.5, 0.6) is 0 Å². The summed E-state index contributed by atoms with van der Waals surface area (Å²) in [7, 11) is 0. The fraction of sp³-hybridized carbons (Fsp3) is 0.667. The van der Waals surface area contributed by atoms with Gasteiger partial charge in [0.2, 0.25) is 0 Å². The van der Waals surface area contributed by atoms with Gasteiger partial charge in [0, 0.05) is 11.5 Å². The molecule has 0 radical (unpaired) electrons. The maximum atomic E-state index is 10.7. The second-order valence-corrected chi connectivity index (χ2v) is 8.77. The third-order valence-electron chi connectivity index (χ3n) is 5.54. The van der Waals surface area contributed by atoms with Crippen LogP contribution >= 0.6 is 12.6 Å². The standard InChI is InChI=1S/C18H38S.C9H6O2/c1-2-3-4-5-6-7-8-9-10-11-12-13-14-15-16-17-18-19;10-9-6-5-7-3-1-2-4-8(7)11-9/h19H,2-18H2,1H3;1-6H. The van der Waals surface area contributed by atoms with E-state index < -0.39 is 0 Å². The molecule has 1 aromatic heterocycles. The molecule has 1 heterocycles. The quantitative estimate of drug-likeness (QED) is 0.163. The average molecular weight is 433 g/mol. The highest BCUT2D eigenvalue weighted by Gasteiger charge is 1.94. The van der Waals surface area contributed by atoms with Crippen LogP contribution in [0.3, 0.4) is 0 Å². The van der Waals surface area contributed by atoms with Gasteiger partial charge in [0.25, 0.3) is 0 Å². The molecule has 0 fully saturated rings. The highest BCUT2D eigenvalue weighted by atomic mass is 32.1. The van der Waals surface area contributed by atoms with Crippen molar-refractivity contribution in [1.29, 1.82) is 0 Å². The van der Waals surface area contributed by atoms with Gasteiger partial charge in [-0.25, -0.2) is 4.79 Å². The summed E-state index contributed by atoms with van der Waals surface area (Å²) in [6.45, 7) is 2.29. The predicted molar refractivity (Wildman–Crippen MR) is 136 cm³/mol. The molecular weight excluding hydrogens is 388 g/mol. The molecule has 0 aliphatic heterocycles. The van der Waals surface area contributed by atoms with Crippen molar-refractivity contribution in [2.45, 2.75) is 110 Å². The molecule has 2 aromatic rings. The van der Waals surface area contributed by atoms with Crippen molar-refractivity contribution >= 4 is 23.6 Å². The van der Waals surface area contributed by atoms with E-state index in [0.29, 0.717) is 5.58 Å². The Labute approximate surface area is 190 Å². The normalized spacial score (nSPS) is 10.7. The largest absolute Gasteiger partial charge is 0.423 e. The zero-order valence-electron chi connectivity index (χ0n) is 19.2. The van der Waals surface area contributed by atoms with Crippen molar-refractivity contribution in [2.75, 3.05) is 5.75 Å². The van der Waals surface area contributed by atoms with E-state index in [2.05, 4.69) is 19.6 Å². The van der Waals surface area contributed by atoms with Gasteiger partial charge >= 0.3 is 5.63 Å². The monoisotopic (exact) mass is 432 g/mol. The lowest BCUT2D eigenvalue weighted by atomic mass is 10.0. The molecule has 0 bridgehead atoms. The summed E-state index contributed by atoms with van der Waals surface area (Å²) in [6.07, 6.45) is 23.1. The Balaban J connectivity index is 0.000000340. The van der Waals surface area contributed by atoms with Crippen LogP contribution in [0.2, 0.25) is 0 Å². The summed E-state index contributed by atoms with van der Waals surface area (Å²) in [5.74, 6) is 1.07. The van der Waals surface area contributed by atoms with Gasteiger partial charge < -0.3 is 4.42 Å². The molecule has 0 saturated carbocycles. The van der Waals surface area contributed by atoms with Gasteiger partial charge in [0.1, 0.15) is 5.58 Å². The summed E-state index contributed by atoms with van der Waals surface area (Å²) in [5, 5.41) is 0.951. The fourth-order valence-corrected chi connectivity index (χ4v) is 3.89. The first-order chi connectivity index (χ1) is 14.8. The van der Waals surface area contributed by atoms with Crippen LogP contribution in [0.25, 0.3) is 11.0 Å². The molecule has 0 unspecified atom stereocenters. The van der Waals surface area contributed by atoms with Crippen molar-refractivity contribution in [2.24, 2.45) is 0 Å². The maximum absolute atomic E-state index is 10.7. The van der Waals surface area contributed by atoms with Gasteiger partial charge in [-0.05, 0) is 24.3 Å². The van der Waals surface area contributed by atoms with Crippen LogP contribution in [0.15, 0.2) is 45.6 Å². The molecule has 0 aliphatic rings. The molecule has 3 heteroatoms. The number of thiol groups is 1. The van der Waals surface area contributed by atoms with Crippen LogP contribution in [0, 0.1) is 0 Å². The second-order valence-electron chi connectivity index (χ2n) is 8.32. The highest BCUT2D eigenvalue weighted by molar-refractivity contribution is 7.80. The molecule has 0 N–H and O–H groups in total. The van der Waals surface area contributed by atoms with Crippen LogP contribution in [-0.2, 0) is 0 Å². The summed E-state index contributed by atoms with van der Waals surface area (Å²) in [4.78, 5) is 10.7. The van der Waals surface area contributed by atoms with Gasteiger partial charge in [-0.2, -0.15) is 12.6 Å². The maximum Gasteiger partial charge on any atom is 0.336 e. The van der Waals surface area contributed by atoms with Crippen molar-refractivity contribution in [1.82, 2.24) is 0 Å². The molecule has 0 amide bonds. The lowest BCUT2D eigenvalue weighted by molar-refractivity contribution is 0.532. The summed E-state index contributed by atoms with van der Waals surface area (Å²) >= 11 is 4.24. The summed E-state index contributed by atoms with van der Waals surface area (Å²) in [5.41, 5.74) is 0.337. The lowest BCUT2D eigenvalue weighted by Crippen LogP contribution is -1.93. The van der Waals surface area contributed by atoms with Crippen molar-refractivity contribution < 1.29 is 4.42 Å². The summed E-state index contributed by atoms with van der Waals surface area (Å²) < 4.78 is 4.91. The Morgan fingerprint density at radius 2 is 1.10 bits per heavy atom. The van der Waals surface area contributed by atoms with Crippen LogP contribution in [-0.4, -0.2) is 5.75 Å². The van der Waals surface area contributed by atoms with Crippen molar-refractivity contribution in [3.8, 4) is 0 Å². The first-order valence-corrected chi connectivity index (χ1v) is 13.0. The minimum absolute atomic E-state index is 0.302. The zero-order chi connectivity index (χ0) is 21.7. The second kappa shape index (κ2) is 19.7. The number of benzene rings is 1. The Morgan fingerprint density at radius 1 is 0.633 bits per heavy atom. The first-order valence-electron chi connectivity index (χ1n) is 12.4. The minimum Gasteiger partial charge on any atom is -0.423 e. The van der Waals surface area contributed by atoms with E-state index in [4.69, 9.17) is 4.42 Å². The van der Waals surface area contributed by atoms with Gasteiger partial charge in [-0.15, -0.1) is 0 Å². The molecule has 170 valence electrons. The summed E-state index contributed by atoms with van der Waals surface area (Å²) in [6, 6.07) is 10.6. The van der Waals surface area contributed by atoms with Crippen molar-refractivity contribution in [3.05, 3.63) is 46.8 Å². The number of hydrogen-bond donors (Lipinski definition) is 1. The number of para-hydroxylation sites is 1. The number of fused-ring (bicyclic) bond motifs is 1. The highest BCUT2D eigenvalue weighted by Crippen LogP contribution is 2.13. The van der Waals surface area contributed by atoms with Crippen LogP contribution < -0.4 is 5.63 Å². The molecule has 0 aliphatic carbocycles. The van der Waals surface area contributed by atoms with Gasteiger partial charge in [-0.1, -0.05) is 121 Å². The third-order valence-corrected chi connectivity index (χ3v) is 5.86. The number of hydrogen-bond acceptors (Lipinski definition) is 3. The minimum atomic E-state index is -0.302. The third kappa shape index (κ3) is 14.7. The topological polar surface area (TPSA) is 30.2 Å². The molecule has 1 aromatic carbocycles. The number of rotatable bonds is 16. The van der Waals surface area contributed by atoms with Gasteiger partial charge in [-0.3, -0.25) is 0 Å². The molecule has 0 spiro atoms. The van der Waals surface area contributed by atoms with Gasteiger partial charge in [0.05, 0.1) is 0 Å². The van der Waals surface area contributed by atoms with E-state index in [-0.39, 0.29) is 5.63 Å². The molecule has 2 rings (SSSR count). The molecule has 0 atom stereocenters. The van der Waals surface area contributed by atoms with Crippen LogP contribution in [0.1, 0.15) is 110 Å². The average Bonchev–Trinajstić information content (AvgIpc) is 2.77. The first kappa shape index (κ1) is 26.8. The Bertz CT molecular complexity index is 664. The van der Waals surface area contributed by atoms with E-state index in [0.717, 1.165) is 11.1 Å². The SMILES string of the molecule is CCCCCCCCCCCCCCCCCCS.O=c1ccc2ccccc2o1. The zero-order valence-corrected chi connectivity index (χ0v) is 20.1. The van der Waals surface area contributed by atoms with E-state index in [9.17, 15) is 4.79 Å². The van der Waals surface area contributed by atoms with Crippen LogP contribution in [0.4, 0.5) is 0 Å². The van der Waals surface area contributed by atoms with E-state index in [1.165, 1.54) is 109 Å². The van der Waals surface area contributed by atoms with Crippen molar-refractivity contribution in [3.63, 3.8) is 0 Å². The predicted octanol–water partition coefficient (Wildman–Crippen LogP) is 8.97. The molecule has 0 saturated heterocycles. The molecular formula is C27H44O2S. The van der Waals surface area contributed by atoms with E-state index in [1.807, 2.05) is 18.2 Å². The Hall–Kier alpha value is -1.22. The Morgan fingerprint density at radius 3 is 1.60 bits per heavy atom. The molecule has 30 heavy (non-hydrogen) atoms. The number of unbranched alkanes of at least 4 members (excludes halogenated alkanes) is 15.